The standard InChI is InChI=1S/C9H9ClO/c1-7(10)9-4-2-8(6-11)3-5-9/h2-7H,1H3/t7-/m1/s1. The molecule has 1 aromatic rings. The number of halogens is 1. The summed E-state index contributed by atoms with van der Waals surface area (Å²) in [6.07, 6.45) is 0.822. The van der Waals surface area contributed by atoms with Crippen LogP contribution in [-0.4, -0.2) is 6.29 Å². The van der Waals surface area contributed by atoms with Crippen LogP contribution in [0.2, 0.25) is 0 Å². The second-order valence-corrected chi connectivity index (χ2v) is 3.06. The van der Waals surface area contributed by atoms with E-state index in [1.54, 1.807) is 12.1 Å². The first-order chi connectivity index (χ1) is 5.24. The van der Waals surface area contributed by atoms with Crippen molar-refractivity contribution in [1.29, 1.82) is 0 Å². The zero-order valence-corrected chi connectivity index (χ0v) is 7.01. The maximum Gasteiger partial charge on any atom is 0.150 e. The van der Waals surface area contributed by atoms with Crippen LogP contribution in [0.15, 0.2) is 24.3 Å². The Kier molecular flexibility index (Phi) is 2.66. The lowest BCUT2D eigenvalue weighted by molar-refractivity contribution is 0.112. The van der Waals surface area contributed by atoms with Gasteiger partial charge in [-0.05, 0) is 12.5 Å². The van der Waals surface area contributed by atoms with Crippen molar-refractivity contribution >= 4 is 17.9 Å². The first kappa shape index (κ1) is 8.28. The highest BCUT2D eigenvalue weighted by Crippen LogP contribution is 2.18. The zero-order chi connectivity index (χ0) is 8.27. The molecule has 0 saturated heterocycles. The van der Waals surface area contributed by atoms with Gasteiger partial charge in [0.05, 0.1) is 5.38 Å². The van der Waals surface area contributed by atoms with Crippen molar-refractivity contribution in [2.75, 3.05) is 0 Å². The summed E-state index contributed by atoms with van der Waals surface area (Å²) in [5, 5.41) is 0.00991. The third-order valence-electron chi connectivity index (χ3n) is 1.53. The third-order valence-corrected chi connectivity index (χ3v) is 1.78. The molecule has 2 heteroatoms. The minimum absolute atomic E-state index is 0.00991. The number of hydrogen-bond acceptors (Lipinski definition) is 1. The quantitative estimate of drug-likeness (QED) is 0.490. The Labute approximate surface area is 71.0 Å². The number of hydrogen-bond donors (Lipinski definition) is 0. The molecule has 0 radical (unpaired) electrons. The zero-order valence-electron chi connectivity index (χ0n) is 6.25. The van der Waals surface area contributed by atoms with E-state index in [1.807, 2.05) is 19.1 Å². The van der Waals surface area contributed by atoms with E-state index in [0.29, 0.717) is 5.56 Å². The minimum Gasteiger partial charge on any atom is -0.298 e. The van der Waals surface area contributed by atoms with E-state index in [2.05, 4.69) is 0 Å². The van der Waals surface area contributed by atoms with Crippen LogP contribution in [0.3, 0.4) is 0 Å². The molecule has 0 amide bonds. The van der Waals surface area contributed by atoms with Crippen molar-refractivity contribution in [3.8, 4) is 0 Å². The van der Waals surface area contributed by atoms with Gasteiger partial charge >= 0.3 is 0 Å². The molecule has 0 aliphatic rings. The Balaban J connectivity index is 2.91. The fourth-order valence-corrected chi connectivity index (χ4v) is 0.985. The van der Waals surface area contributed by atoms with Gasteiger partial charge in [-0.2, -0.15) is 0 Å². The average molecular weight is 169 g/mol. The second-order valence-electron chi connectivity index (χ2n) is 2.40. The van der Waals surface area contributed by atoms with E-state index in [9.17, 15) is 4.79 Å². The van der Waals surface area contributed by atoms with Crippen molar-refractivity contribution in [3.05, 3.63) is 35.4 Å². The molecule has 58 valence electrons. The van der Waals surface area contributed by atoms with Gasteiger partial charge in [0.25, 0.3) is 0 Å². The van der Waals surface area contributed by atoms with Gasteiger partial charge in [-0.3, -0.25) is 4.79 Å². The largest absolute Gasteiger partial charge is 0.298 e. The summed E-state index contributed by atoms with van der Waals surface area (Å²) in [6.45, 7) is 1.90. The summed E-state index contributed by atoms with van der Waals surface area (Å²) in [4.78, 5) is 10.3. The van der Waals surface area contributed by atoms with Gasteiger partial charge < -0.3 is 0 Å². The maximum atomic E-state index is 10.3. The highest BCUT2D eigenvalue weighted by molar-refractivity contribution is 6.20. The molecule has 1 atom stereocenters. The highest BCUT2D eigenvalue weighted by atomic mass is 35.5. The van der Waals surface area contributed by atoms with Gasteiger partial charge in [-0.15, -0.1) is 11.6 Å². The van der Waals surface area contributed by atoms with Crippen LogP contribution < -0.4 is 0 Å². The number of rotatable bonds is 2. The van der Waals surface area contributed by atoms with Crippen LogP contribution in [0, 0.1) is 0 Å². The maximum absolute atomic E-state index is 10.3. The van der Waals surface area contributed by atoms with Crippen LogP contribution >= 0.6 is 11.6 Å². The van der Waals surface area contributed by atoms with E-state index in [-0.39, 0.29) is 5.38 Å². The summed E-state index contributed by atoms with van der Waals surface area (Å²) < 4.78 is 0. The molecular weight excluding hydrogens is 160 g/mol. The van der Waals surface area contributed by atoms with E-state index < -0.39 is 0 Å². The van der Waals surface area contributed by atoms with E-state index in [0.717, 1.165) is 11.8 Å². The Morgan fingerprint density at radius 1 is 1.36 bits per heavy atom. The van der Waals surface area contributed by atoms with E-state index in [1.165, 1.54) is 0 Å². The molecule has 1 aromatic carbocycles. The van der Waals surface area contributed by atoms with Crippen molar-refractivity contribution in [1.82, 2.24) is 0 Å². The molecule has 0 aliphatic carbocycles. The lowest BCUT2D eigenvalue weighted by Gasteiger charge is -2.01. The van der Waals surface area contributed by atoms with Crippen molar-refractivity contribution in [3.63, 3.8) is 0 Å². The summed E-state index contributed by atoms with van der Waals surface area (Å²) >= 11 is 5.81. The SMILES string of the molecule is C[C@@H](Cl)c1ccc(C=O)cc1. The molecule has 0 spiro atoms. The molecule has 1 nitrogen and oxygen atoms in total. The second kappa shape index (κ2) is 3.54. The summed E-state index contributed by atoms with van der Waals surface area (Å²) in [5.74, 6) is 0. The predicted octanol–water partition coefficient (Wildman–Crippen LogP) is 2.80. The molecule has 0 fully saturated rings. The van der Waals surface area contributed by atoms with Crippen molar-refractivity contribution < 1.29 is 4.79 Å². The van der Waals surface area contributed by atoms with Gasteiger partial charge in [-0.25, -0.2) is 0 Å². The molecule has 0 N–H and O–H groups in total. The van der Waals surface area contributed by atoms with Gasteiger partial charge in [0.15, 0.2) is 0 Å². The first-order valence-corrected chi connectivity index (χ1v) is 3.87. The van der Waals surface area contributed by atoms with Crippen molar-refractivity contribution in [2.45, 2.75) is 12.3 Å². The van der Waals surface area contributed by atoms with Crippen LogP contribution in [0.1, 0.15) is 28.2 Å². The smallest absolute Gasteiger partial charge is 0.150 e. The van der Waals surface area contributed by atoms with Crippen LogP contribution in [-0.2, 0) is 0 Å². The molecule has 0 bridgehead atoms. The fourth-order valence-electron chi connectivity index (χ4n) is 0.840. The van der Waals surface area contributed by atoms with Gasteiger partial charge in [0.2, 0.25) is 0 Å². The summed E-state index contributed by atoms with van der Waals surface area (Å²) in [7, 11) is 0. The molecule has 0 aliphatic heterocycles. The Morgan fingerprint density at radius 3 is 2.27 bits per heavy atom. The van der Waals surface area contributed by atoms with Gasteiger partial charge in [0.1, 0.15) is 6.29 Å². The number of aldehydes is 1. The Hall–Kier alpha value is -0.820. The Morgan fingerprint density at radius 2 is 1.91 bits per heavy atom. The molecule has 11 heavy (non-hydrogen) atoms. The predicted molar refractivity (Wildman–Crippen MR) is 46.1 cm³/mol. The normalized spacial score (nSPS) is 12.5. The fraction of sp³-hybridized carbons (Fsp3) is 0.222. The summed E-state index contributed by atoms with van der Waals surface area (Å²) in [5.41, 5.74) is 1.73. The number of alkyl halides is 1. The van der Waals surface area contributed by atoms with E-state index >= 15 is 0 Å². The summed E-state index contributed by atoms with van der Waals surface area (Å²) in [6, 6.07) is 7.26. The number of carbonyl (C=O) groups excluding carboxylic acids is 1. The van der Waals surface area contributed by atoms with Crippen LogP contribution in [0.4, 0.5) is 0 Å². The topological polar surface area (TPSA) is 17.1 Å². The number of benzene rings is 1. The molecular formula is C9H9ClO. The monoisotopic (exact) mass is 168 g/mol. The van der Waals surface area contributed by atoms with Gasteiger partial charge in [0, 0.05) is 5.56 Å². The van der Waals surface area contributed by atoms with Crippen LogP contribution in [0.5, 0.6) is 0 Å². The molecule has 0 unspecified atom stereocenters. The highest BCUT2D eigenvalue weighted by Gasteiger charge is 1.98. The minimum atomic E-state index is 0.00991. The van der Waals surface area contributed by atoms with E-state index in [4.69, 9.17) is 11.6 Å². The third kappa shape index (κ3) is 2.05. The molecule has 0 saturated carbocycles. The van der Waals surface area contributed by atoms with Crippen molar-refractivity contribution in [2.24, 2.45) is 0 Å². The Bertz CT molecular complexity index is 238. The molecule has 0 aromatic heterocycles. The lowest BCUT2D eigenvalue weighted by Crippen LogP contribution is -1.85. The molecule has 0 heterocycles. The number of carbonyl (C=O) groups is 1. The van der Waals surface area contributed by atoms with Crippen LogP contribution in [0.25, 0.3) is 0 Å². The van der Waals surface area contributed by atoms with Gasteiger partial charge in [-0.1, -0.05) is 24.3 Å². The first-order valence-electron chi connectivity index (χ1n) is 3.43. The average Bonchev–Trinajstić information content (AvgIpc) is 2.05. The lowest BCUT2D eigenvalue weighted by atomic mass is 10.1. The molecule has 1 rings (SSSR count).